The van der Waals surface area contributed by atoms with Crippen LogP contribution in [0.5, 0.6) is 0 Å². The van der Waals surface area contributed by atoms with E-state index in [1.807, 2.05) is 25.1 Å². The molecule has 4 rings (SSSR count). The molecule has 0 bridgehead atoms. The van der Waals surface area contributed by atoms with Crippen LogP contribution < -0.4 is 10.6 Å². The minimum absolute atomic E-state index is 0.0788. The zero-order chi connectivity index (χ0) is 23.0. The van der Waals surface area contributed by atoms with Gasteiger partial charge in [0, 0.05) is 5.69 Å². The summed E-state index contributed by atoms with van der Waals surface area (Å²) >= 11 is 6.90. The molecule has 0 spiro atoms. The number of hydrogen-bond donors (Lipinski definition) is 2. The van der Waals surface area contributed by atoms with Crippen LogP contribution in [0, 0.1) is 17.0 Å². The molecule has 32 heavy (non-hydrogen) atoms. The first-order chi connectivity index (χ1) is 15.1. The molecule has 0 aliphatic rings. The van der Waals surface area contributed by atoms with Gasteiger partial charge in [-0.2, -0.15) is 13.2 Å². The number of aryl methyl sites for hydroxylation is 1. The van der Waals surface area contributed by atoms with Crippen molar-refractivity contribution in [1.82, 2.24) is 15.0 Å². The van der Waals surface area contributed by atoms with Gasteiger partial charge in [-0.05, 0) is 42.8 Å². The van der Waals surface area contributed by atoms with Gasteiger partial charge in [-0.3, -0.25) is 10.1 Å². The van der Waals surface area contributed by atoms with Crippen molar-refractivity contribution in [1.29, 1.82) is 0 Å². The number of hydrogen-bond acceptors (Lipinski definition) is 8. The van der Waals surface area contributed by atoms with Gasteiger partial charge in [0.2, 0.25) is 11.6 Å². The fourth-order valence-electron chi connectivity index (χ4n) is 2.88. The molecule has 0 fully saturated rings. The zero-order valence-electron chi connectivity index (χ0n) is 16.1. The third-order valence-corrected chi connectivity index (χ3v) is 5.57. The lowest BCUT2D eigenvalue weighted by Crippen LogP contribution is -2.08. The molecular weight excluding hydrogens is 469 g/mol. The minimum atomic E-state index is -4.69. The molecular formula is C19H12ClF3N6O2S. The molecule has 0 aliphatic carbocycles. The summed E-state index contributed by atoms with van der Waals surface area (Å²) in [6, 6.07) is 8.69. The Balaban J connectivity index is 1.70. The SMILES string of the molecule is Cc1ccc2nc(Nc3ncnc(Nc4ccc(Cl)c(C(F)(F)F)c4)c3[N+](=O)[O-])sc2c1. The second-order valence-electron chi connectivity index (χ2n) is 6.61. The molecule has 0 amide bonds. The van der Waals surface area contributed by atoms with Gasteiger partial charge in [0.25, 0.3) is 0 Å². The maximum absolute atomic E-state index is 13.1. The first kappa shape index (κ1) is 21.7. The number of nitro groups is 1. The Morgan fingerprint density at radius 1 is 1.09 bits per heavy atom. The van der Waals surface area contributed by atoms with E-state index in [1.165, 1.54) is 17.4 Å². The summed E-state index contributed by atoms with van der Waals surface area (Å²) < 4.78 is 40.3. The van der Waals surface area contributed by atoms with Crippen molar-refractivity contribution in [3.63, 3.8) is 0 Å². The highest BCUT2D eigenvalue weighted by Crippen LogP contribution is 2.39. The van der Waals surface area contributed by atoms with Crippen LogP contribution in [-0.2, 0) is 6.18 Å². The Morgan fingerprint density at radius 2 is 1.81 bits per heavy atom. The molecule has 2 aromatic carbocycles. The number of halogens is 4. The van der Waals surface area contributed by atoms with Crippen LogP contribution in [0.1, 0.15) is 11.1 Å². The average molecular weight is 481 g/mol. The lowest BCUT2D eigenvalue weighted by molar-refractivity contribution is -0.383. The summed E-state index contributed by atoms with van der Waals surface area (Å²) in [5.74, 6) is -0.451. The largest absolute Gasteiger partial charge is 0.417 e. The van der Waals surface area contributed by atoms with E-state index in [0.717, 1.165) is 28.7 Å². The zero-order valence-corrected chi connectivity index (χ0v) is 17.6. The lowest BCUT2D eigenvalue weighted by Gasteiger charge is -2.12. The fourth-order valence-corrected chi connectivity index (χ4v) is 4.07. The van der Waals surface area contributed by atoms with Crippen molar-refractivity contribution in [3.05, 3.63) is 69.0 Å². The van der Waals surface area contributed by atoms with Crippen molar-refractivity contribution in [2.45, 2.75) is 13.1 Å². The molecule has 4 aromatic rings. The minimum Gasteiger partial charge on any atom is -0.334 e. The number of alkyl halides is 3. The number of fused-ring (bicyclic) bond motifs is 1. The first-order valence-electron chi connectivity index (χ1n) is 8.89. The normalized spacial score (nSPS) is 11.5. The summed E-state index contributed by atoms with van der Waals surface area (Å²) in [5, 5.41) is 17.0. The average Bonchev–Trinajstić information content (AvgIpc) is 3.09. The number of aromatic nitrogens is 3. The summed E-state index contributed by atoms with van der Waals surface area (Å²) in [6.07, 6.45) is -3.64. The maximum Gasteiger partial charge on any atom is 0.417 e. The highest BCUT2D eigenvalue weighted by molar-refractivity contribution is 7.22. The Bertz CT molecular complexity index is 1340. The quantitative estimate of drug-likeness (QED) is 0.249. The van der Waals surface area contributed by atoms with E-state index in [9.17, 15) is 23.3 Å². The molecule has 13 heteroatoms. The third-order valence-electron chi connectivity index (χ3n) is 4.31. The second-order valence-corrected chi connectivity index (χ2v) is 8.05. The molecule has 2 aromatic heterocycles. The topological polar surface area (TPSA) is 106 Å². The van der Waals surface area contributed by atoms with Crippen LogP contribution in [0.4, 0.5) is 41.3 Å². The monoisotopic (exact) mass is 480 g/mol. The van der Waals surface area contributed by atoms with Crippen molar-refractivity contribution >= 4 is 61.3 Å². The van der Waals surface area contributed by atoms with E-state index in [-0.39, 0.29) is 17.3 Å². The highest BCUT2D eigenvalue weighted by atomic mass is 35.5. The van der Waals surface area contributed by atoms with Crippen molar-refractivity contribution < 1.29 is 18.1 Å². The molecule has 2 N–H and O–H groups in total. The number of nitrogens with one attached hydrogen (secondary N) is 2. The number of anilines is 4. The molecule has 164 valence electrons. The molecule has 2 heterocycles. The third kappa shape index (κ3) is 4.41. The van der Waals surface area contributed by atoms with E-state index in [1.54, 1.807) is 0 Å². The van der Waals surface area contributed by atoms with Crippen molar-refractivity contribution in [3.8, 4) is 0 Å². The Kier molecular flexibility index (Phi) is 5.57. The standard InChI is InChI=1S/C19H12ClF3N6O2S/c1-9-2-5-13-14(6-9)32-18(27-13)28-17-15(29(30)31)16(24-8-25-17)26-10-3-4-12(20)11(7-10)19(21,22)23/h2-8H,1H3,(H2,24,25,26,27,28). The van der Waals surface area contributed by atoms with Crippen molar-refractivity contribution in [2.75, 3.05) is 10.6 Å². The summed E-state index contributed by atoms with van der Waals surface area (Å²) in [7, 11) is 0. The fraction of sp³-hybridized carbons (Fsp3) is 0.105. The van der Waals surface area contributed by atoms with Crippen molar-refractivity contribution in [2.24, 2.45) is 0 Å². The smallest absolute Gasteiger partial charge is 0.334 e. The van der Waals surface area contributed by atoms with E-state index >= 15 is 0 Å². The molecule has 0 atom stereocenters. The van der Waals surface area contributed by atoms with Gasteiger partial charge in [0.05, 0.1) is 25.7 Å². The summed E-state index contributed by atoms with van der Waals surface area (Å²) in [4.78, 5) is 23.1. The van der Waals surface area contributed by atoms with Gasteiger partial charge in [-0.25, -0.2) is 15.0 Å². The Hall–Kier alpha value is -3.51. The molecule has 0 saturated heterocycles. The molecule has 0 unspecified atom stereocenters. The van der Waals surface area contributed by atoms with Crippen LogP contribution >= 0.6 is 22.9 Å². The molecule has 0 radical (unpaired) electrons. The van der Waals surface area contributed by atoms with Gasteiger partial charge in [-0.1, -0.05) is 29.0 Å². The highest BCUT2D eigenvalue weighted by Gasteiger charge is 2.33. The number of nitrogens with zero attached hydrogens (tertiary/aromatic N) is 4. The van der Waals surface area contributed by atoms with Gasteiger partial charge in [0.1, 0.15) is 6.33 Å². The van der Waals surface area contributed by atoms with Crippen LogP contribution in [0.25, 0.3) is 10.2 Å². The summed E-state index contributed by atoms with van der Waals surface area (Å²) in [5.41, 5.74) is 0.0350. The van der Waals surface area contributed by atoms with Crippen LogP contribution in [0.15, 0.2) is 42.7 Å². The lowest BCUT2D eigenvalue weighted by atomic mass is 10.2. The van der Waals surface area contributed by atoms with Crippen LogP contribution in [0.3, 0.4) is 0 Å². The van der Waals surface area contributed by atoms with Crippen LogP contribution in [0.2, 0.25) is 5.02 Å². The van der Waals surface area contributed by atoms with Crippen LogP contribution in [-0.4, -0.2) is 19.9 Å². The van der Waals surface area contributed by atoms with E-state index < -0.39 is 27.4 Å². The van der Waals surface area contributed by atoms with Gasteiger partial charge in [0.15, 0.2) is 5.13 Å². The van der Waals surface area contributed by atoms with Gasteiger partial charge in [-0.15, -0.1) is 0 Å². The second kappa shape index (κ2) is 8.20. The number of thiazole rings is 1. The first-order valence-corrected chi connectivity index (χ1v) is 10.1. The van der Waals surface area contributed by atoms with Gasteiger partial charge < -0.3 is 10.6 Å². The summed E-state index contributed by atoms with van der Waals surface area (Å²) in [6.45, 7) is 1.93. The molecule has 8 nitrogen and oxygen atoms in total. The molecule has 0 aliphatic heterocycles. The predicted molar refractivity (Wildman–Crippen MR) is 116 cm³/mol. The Morgan fingerprint density at radius 3 is 2.50 bits per heavy atom. The molecule has 0 saturated carbocycles. The van der Waals surface area contributed by atoms with Gasteiger partial charge >= 0.3 is 11.9 Å². The van der Waals surface area contributed by atoms with E-state index in [0.29, 0.717) is 10.6 Å². The Labute approximate surface area is 187 Å². The number of benzene rings is 2. The predicted octanol–water partition coefficient (Wildman–Crippen LogP) is 6.46. The van der Waals surface area contributed by atoms with E-state index in [2.05, 4.69) is 25.6 Å². The maximum atomic E-state index is 13.1. The van der Waals surface area contributed by atoms with E-state index in [4.69, 9.17) is 11.6 Å². The number of rotatable bonds is 5.